The second kappa shape index (κ2) is 7.75. The molecule has 2 aliphatic heterocycles. The number of para-hydroxylation sites is 1. The lowest BCUT2D eigenvalue weighted by Crippen LogP contribution is -2.48. The van der Waals surface area contributed by atoms with Crippen LogP contribution in [0, 0.1) is 0 Å². The van der Waals surface area contributed by atoms with Gasteiger partial charge in [0.1, 0.15) is 12.3 Å². The highest BCUT2D eigenvalue weighted by molar-refractivity contribution is 6.10. The highest BCUT2D eigenvalue weighted by Crippen LogP contribution is 2.40. The maximum Gasteiger partial charge on any atom is 0.325 e. The van der Waals surface area contributed by atoms with Crippen molar-refractivity contribution in [2.24, 2.45) is 0 Å². The molecule has 160 valence electrons. The first-order valence-corrected chi connectivity index (χ1v) is 9.80. The zero-order valence-electron chi connectivity index (χ0n) is 17.2. The standard InChI is InChI=1S/C22H22N4O5/c1-25(2)19(28)14-7-9-15(10-8-14)23-18(27)13-26-20(29)22(24-21(26)30)11-12-31-17-6-4-3-5-16(17)22/h3-10H,11-13H2,1-2H3,(H,23,27)(H,24,30)/t22-/m0/s1. The van der Waals surface area contributed by atoms with E-state index in [9.17, 15) is 19.2 Å². The lowest BCUT2D eigenvalue weighted by Gasteiger charge is -2.33. The fourth-order valence-corrected chi connectivity index (χ4v) is 3.81. The molecule has 1 fully saturated rings. The molecule has 2 heterocycles. The van der Waals surface area contributed by atoms with Crippen LogP contribution in [0.25, 0.3) is 0 Å². The molecular formula is C22H22N4O5. The SMILES string of the molecule is CN(C)C(=O)c1ccc(NC(=O)CN2C(=O)N[C@]3(CCOc4ccccc43)C2=O)cc1. The van der Waals surface area contributed by atoms with Crippen LogP contribution in [-0.4, -0.2) is 60.8 Å². The van der Waals surface area contributed by atoms with E-state index >= 15 is 0 Å². The molecule has 9 heteroatoms. The average Bonchev–Trinajstić information content (AvgIpc) is 2.98. The van der Waals surface area contributed by atoms with Gasteiger partial charge in [-0.15, -0.1) is 0 Å². The third-order valence-electron chi connectivity index (χ3n) is 5.38. The molecular weight excluding hydrogens is 400 g/mol. The van der Waals surface area contributed by atoms with Crippen LogP contribution < -0.4 is 15.4 Å². The van der Waals surface area contributed by atoms with Crippen LogP contribution in [0.2, 0.25) is 0 Å². The number of nitrogens with zero attached hydrogens (tertiary/aromatic N) is 2. The molecule has 0 radical (unpaired) electrons. The van der Waals surface area contributed by atoms with Gasteiger partial charge in [0.2, 0.25) is 5.91 Å². The quantitative estimate of drug-likeness (QED) is 0.727. The van der Waals surface area contributed by atoms with E-state index in [2.05, 4.69) is 10.6 Å². The van der Waals surface area contributed by atoms with Crippen molar-refractivity contribution in [2.45, 2.75) is 12.0 Å². The van der Waals surface area contributed by atoms with Crippen molar-refractivity contribution < 1.29 is 23.9 Å². The van der Waals surface area contributed by atoms with Gasteiger partial charge in [-0.3, -0.25) is 19.3 Å². The number of amides is 5. The Bertz CT molecular complexity index is 1070. The van der Waals surface area contributed by atoms with E-state index in [1.807, 2.05) is 0 Å². The summed E-state index contributed by atoms with van der Waals surface area (Å²) in [4.78, 5) is 52.6. The van der Waals surface area contributed by atoms with Crippen molar-refractivity contribution in [3.63, 3.8) is 0 Å². The number of anilines is 1. The Labute approximate surface area is 179 Å². The molecule has 0 unspecified atom stereocenters. The Morgan fingerprint density at radius 1 is 1.13 bits per heavy atom. The lowest BCUT2D eigenvalue weighted by atomic mass is 9.84. The van der Waals surface area contributed by atoms with Crippen LogP contribution in [0.1, 0.15) is 22.3 Å². The van der Waals surface area contributed by atoms with Crippen LogP contribution in [0.4, 0.5) is 10.5 Å². The molecule has 31 heavy (non-hydrogen) atoms. The Kier molecular flexibility index (Phi) is 5.10. The van der Waals surface area contributed by atoms with Gasteiger partial charge in [0.15, 0.2) is 5.54 Å². The summed E-state index contributed by atoms with van der Waals surface area (Å²) in [5, 5.41) is 5.41. The predicted octanol–water partition coefficient (Wildman–Crippen LogP) is 1.56. The van der Waals surface area contributed by atoms with E-state index in [-0.39, 0.29) is 18.9 Å². The molecule has 0 saturated carbocycles. The van der Waals surface area contributed by atoms with Crippen LogP contribution in [0.5, 0.6) is 5.75 Å². The summed E-state index contributed by atoms with van der Waals surface area (Å²) >= 11 is 0. The minimum Gasteiger partial charge on any atom is -0.493 e. The fraction of sp³-hybridized carbons (Fsp3) is 0.273. The molecule has 0 aliphatic carbocycles. The number of benzene rings is 2. The number of hydrogen-bond acceptors (Lipinski definition) is 5. The van der Waals surface area contributed by atoms with Crippen molar-refractivity contribution in [3.05, 3.63) is 59.7 Å². The van der Waals surface area contributed by atoms with E-state index < -0.39 is 29.9 Å². The van der Waals surface area contributed by atoms with Crippen molar-refractivity contribution in [3.8, 4) is 5.75 Å². The molecule has 2 aromatic rings. The zero-order valence-corrected chi connectivity index (χ0v) is 17.2. The predicted molar refractivity (Wildman–Crippen MR) is 112 cm³/mol. The van der Waals surface area contributed by atoms with Gasteiger partial charge in [0.05, 0.1) is 6.61 Å². The monoisotopic (exact) mass is 422 g/mol. The third-order valence-corrected chi connectivity index (χ3v) is 5.38. The van der Waals surface area contributed by atoms with Gasteiger partial charge in [0, 0.05) is 37.3 Å². The second-order valence-corrected chi connectivity index (χ2v) is 7.65. The molecule has 1 spiro atoms. The molecule has 0 aromatic heterocycles. The Morgan fingerprint density at radius 2 is 1.84 bits per heavy atom. The number of carbonyl (C=O) groups is 4. The largest absolute Gasteiger partial charge is 0.493 e. The van der Waals surface area contributed by atoms with Gasteiger partial charge >= 0.3 is 6.03 Å². The molecule has 5 amide bonds. The number of carbonyl (C=O) groups excluding carboxylic acids is 4. The van der Waals surface area contributed by atoms with E-state index in [0.717, 1.165) is 4.90 Å². The summed E-state index contributed by atoms with van der Waals surface area (Å²) in [6.07, 6.45) is 0.286. The summed E-state index contributed by atoms with van der Waals surface area (Å²) in [5.41, 5.74) is 0.305. The lowest BCUT2D eigenvalue weighted by molar-refractivity contribution is -0.135. The summed E-state index contributed by atoms with van der Waals surface area (Å²) in [7, 11) is 3.31. The normalized spacial score (nSPS) is 19.5. The Morgan fingerprint density at radius 3 is 2.55 bits per heavy atom. The van der Waals surface area contributed by atoms with Crippen LogP contribution >= 0.6 is 0 Å². The number of fused-ring (bicyclic) bond motifs is 2. The summed E-state index contributed by atoms with van der Waals surface area (Å²) in [6, 6.07) is 12.8. The summed E-state index contributed by atoms with van der Waals surface area (Å²) in [6.45, 7) is -0.144. The van der Waals surface area contributed by atoms with Gasteiger partial charge in [-0.25, -0.2) is 4.79 Å². The van der Waals surface area contributed by atoms with E-state index in [1.165, 1.54) is 4.90 Å². The van der Waals surface area contributed by atoms with Crippen LogP contribution in [0.15, 0.2) is 48.5 Å². The first-order chi connectivity index (χ1) is 14.8. The summed E-state index contributed by atoms with van der Waals surface area (Å²) < 4.78 is 5.60. The maximum absolute atomic E-state index is 13.2. The molecule has 1 atom stereocenters. The minimum absolute atomic E-state index is 0.153. The number of urea groups is 1. The minimum atomic E-state index is -1.22. The number of rotatable bonds is 4. The molecule has 2 aliphatic rings. The number of imide groups is 1. The summed E-state index contributed by atoms with van der Waals surface area (Å²) in [5.74, 6) is -0.608. The Balaban J connectivity index is 1.47. The van der Waals surface area contributed by atoms with E-state index in [4.69, 9.17) is 4.74 Å². The topological polar surface area (TPSA) is 108 Å². The first kappa shape index (κ1) is 20.4. The van der Waals surface area contributed by atoms with Crippen molar-refractivity contribution in [1.82, 2.24) is 15.1 Å². The van der Waals surface area contributed by atoms with Crippen molar-refractivity contribution in [1.29, 1.82) is 0 Å². The van der Waals surface area contributed by atoms with Gasteiger partial charge in [-0.1, -0.05) is 18.2 Å². The molecule has 2 aromatic carbocycles. The molecule has 2 N–H and O–H groups in total. The zero-order chi connectivity index (χ0) is 22.2. The van der Waals surface area contributed by atoms with Gasteiger partial charge < -0.3 is 20.3 Å². The Hall–Kier alpha value is -3.88. The maximum atomic E-state index is 13.2. The average molecular weight is 422 g/mol. The van der Waals surface area contributed by atoms with Gasteiger partial charge in [0.25, 0.3) is 11.8 Å². The van der Waals surface area contributed by atoms with Crippen molar-refractivity contribution >= 4 is 29.4 Å². The number of nitrogens with one attached hydrogen (secondary N) is 2. The molecule has 4 rings (SSSR count). The fourth-order valence-electron chi connectivity index (χ4n) is 3.81. The molecule has 0 bridgehead atoms. The van der Waals surface area contributed by atoms with E-state index in [1.54, 1.807) is 62.6 Å². The molecule has 9 nitrogen and oxygen atoms in total. The first-order valence-electron chi connectivity index (χ1n) is 9.80. The highest BCUT2D eigenvalue weighted by atomic mass is 16.5. The van der Waals surface area contributed by atoms with E-state index in [0.29, 0.717) is 22.6 Å². The van der Waals surface area contributed by atoms with Crippen LogP contribution in [-0.2, 0) is 15.1 Å². The smallest absolute Gasteiger partial charge is 0.325 e. The van der Waals surface area contributed by atoms with Gasteiger partial charge in [-0.2, -0.15) is 0 Å². The number of ether oxygens (including phenoxy) is 1. The third kappa shape index (κ3) is 3.58. The van der Waals surface area contributed by atoms with Crippen molar-refractivity contribution in [2.75, 3.05) is 32.6 Å². The molecule has 1 saturated heterocycles. The highest BCUT2D eigenvalue weighted by Gasteiger charge is 2.55. The number of hydrogen-bond donors (Lipinski definition) is 2. The van der Waals surface area contributed by atoms with Crippen LogP contribution in [0.3, 0.4) is 0 Å². The second-order valence-electron chi connectivity index (χ2n) is 7.65. The van der Waals surface area contributed by atoms with Gasteiger partial charge in [-0.05, 0) is 30.3 Å².